The molecule has 16 heavy (non-hydrogen) atoms. The molecule has 1 aliphatic heterocycles. The van der Waals surface area contributed by atoms with E-state index in [1.54, 1.807) is 11.3 Å². The van der Waals surface area contributed by atoms with Crippen LogP contribution in [0.3, 0.4) is 0 Å². The maximum atomic E-state index is 5.35. The van der Waals surface area contributed by atoms with Crippen molar-refractivity contribution >= 4 is 11.3 Å². The summed E-state index contributed by atoms with van der Waals surface area (Å²) in [5.41, 5.74) is 0. The first-order chi connectivity index (χ1) is 7.90. The second-order valence-corrected chi connectivity index (χ2v) is 5.12. The van der Waals surface area contributed by atoms with Crippen molar-refractivity contribution in [1.82, 2.24) is 15.5 Å². The van der Waals surface area contributed by atoms with E-state index in [2.05, 4.69) is 22.4 Å². The summed E-state index contributed by atoms with van der Waals surface area (Å²) in [6.07, 6.45) is 3.19. The lowest BCUT2D eigenvalue weighted by Crippen LogP contribution is -2.15. The Balaban J connectivity index is 1.85. The fourth-order valence-electron chi connectivity index (χ4n) is 1.85. The van der Waals surface area contributed by atoms with Crippen LogP contribution in [0.5, 0.6) is 0 Å². The van der Waals surface area contributed by atoms with Gasteiger partial charge in [-0.3, -0.25) is 0 Å². The third-order valence-electron chi connectivity index (χ3n) is 2.82. The van der Waals surface area contributed by atoms with E-state index < -0.39 is 0 Å². The molecule has 0 aliphatic carbocycles. The van der Waals surface area contributed by atoms with E-state index in [-0.39, 0.29) is 0 Å². The van der Waals surface area contributed by atoms with Gasteiger partial charge in [0.15, 0.2) is 0 Å². The van der Waals surface area contributed by atoms with E-state index in [1.165, 1.54) is 5.01 Å². The highest BCUT2D eigenvalue weighted by molar-refractivity contribution is 7.11. The van der Waals surface area contributed by atoms with Crippen LogP contribution >= 0.6 is 11.3 Å². The van der Waals surface area contributed by atoms with Crippen molar-refractivity contribution < 1.29 is 4.74 Å². The maximum Gasteiger partial charge on any atom is 0.120 e. The Bertz CT molecular complexity index is 310. The van der Waals surface area contributed by atoms with Crippen LogP contribution in [0.4, 0.5) is 0 Å². The van der Waals surface area contributed by atoms with Gasteiger partial charge in [-0.1, -0.05) is 6.92 Å². The van der Waals surface area contributed by atoms with E-state index in [0.717, 1.165) is 50.6 Å². The number of hydrogen-bond acceptors (Lipinski definition) is 5. The van der Waals surface area contributed by atoms with Gasteiger partial charge >= 0.3 is 0 Å². The Morgan fingerprint density at radius 3 is 2.94 bits per heavy atom. The van der Waals surface area contributed by atoms with Gasteiger partial charge in [0.1, 0.15) is 10.0 Å². The average molecular weight is 241 g/mol. The van der Waals surface area contributed by atoms with Gasteiger partial charge in [0, 0.05) is 32.1 Å². The molecule has 1 fully saturated rings. The molecule has 0 aromatic carbocycles. The van der Waals surface area contributed by atoms with Crippen molar-refractivity contribution in [3.63, 3.8) is 0 Å². The van der Waals surface area contributed by atoms with Crippen LogP contribution in [0.15, 0.2) is 0 Å². The minimum Gasteiger partial charge on any atom is -0.381 e. The van der Waals surface area contributed by atoms with Crippen molar-refractivity contribution in [2.45, 2.75) is 32.1 Å². The van der Waals surface area contributed by atoms with Crippen LogP contribution in [0, 0.1) is 0 Å². The standard InChI is InChI=1S/C11H19N3OS/c1-2-12-6-3-10-13-14-11(16-10)9-4-7-15-8-5-9/h9,12H,2-8H2,1H3. The Hall–Kier alpha value is -0.520. The molecule has 0 bridgehead atoms. The van der Waals surface area contributed by atoms with Crippen molar-refractivity contribution in [2.24, 2.45) is 0 Å². The molecular weight excluding hydrogens is 222 g/mol. The van der Waals surface area contributed by atoms with Gasteiger partial charge in [0.2, 0.25) is 0 Å². The van der Waals surface area contributed by atoms with E-state index in [0.29, 0.717) is 5.92 Å². The molecule has 4 nitrogen and oxygen atoms in total. The third kappa shape index (κ3) is 3.23. The molecular formula is C11H19N3OS. The van der Waals surface area contributed by atoms with Crippen LogP contribution in [0.25, 0.3) is 0 Å². The lowest BCUT2D eigenvalue weighted by molar-refractivity contribution is 0.0851. The number of rotatable bonds is 5. The van der Waals surface area contributed by atoms with Crippen LogP contribution in [-0.2, 0) is 11.2 Å². The first-order valence-electron chi connectivity index (χ1n) is 6.01. The third-order valence-corrected chi connectivity index (χ3v) is 3.96. The molecule has 0 radical (unpaired) electrons. The van der Waals surface area contributed by atoms with Crippen molar-refractivity contribution in [1.29, 1.82) is 0 Å². The fraction of sp³-hybridized carbons (Fsp3) is 0.818. The molecule has 1 aromatic heterocycles. The van der Waals surface area contributed by atoms with Crippen molar-refractivity contribution in [3.8, 4) is 0 Å². The van der Waals surface area contributed by atoms with E-state index in [9.17, 15) is 0 Å². The molecule has 0 spiro atoms. The Kier molecular flexibility index (Phi) is 4.69. The summed E-state index contributed by atoms with van der Waals surface area (Å²) in [7, 11) is 0. The van der Waals surface area contributed by atoms with Gasteiger partial charge in [-0.15, -0.1) is 21.5 Å². The lowest BCUT2D eigenvalue weighted by Gasteiger charge is -2.18. The first-order valence-corrected chi connectivity index (χ1v) is 6.82. The normalized spacial score (nSPS) is 17.8. The van der Waals surface area contributed by atoms with Crippen LogP contribution in [0.2, 0.25) is 0 Å². The number of hydrogen-bond donors (Lipinski definition) is 1. The van der Waals surface area contributed by atoms with Crippen molar-refractivity contribution in [2.75, 3.05) is 26.3 Å². The monoisotopic (exact) mass is 241 g/mol. The molecule has 0 saturated carbocycles. The second-order valence-electron chi connectivity index (χ2n) is 4.02. The number of nitrogens with zero attached hydrogens (tertiary/aromatic N) is 2. The molecule has 1 N–H and O–H groups in total. The lowest BCUT2D eigenvalue weighted by atomic mass is 10.0. The summed E-state index contributed by atoms with van der Waals surface area (Å²) in [5, 5.41) is 14.2. The zero-order valence-corrected chi connectivity index (χ0v) is 10.6. The SMILES string of the molecule is CCNCCc1nnc(C2CCOCC2)s1. The largest absolute Gasteiger partial charge is 0.381 e. The zero-order valence-electron chi connectivity index (χ0n) is 9.74. The van der Waals surface area contributed by atoms with Gasteiger partial charge in [-0.25, -0.2) is 0 Å². The molecule has 0 amide bonds. The maximum absolute atomic E-state index is 5.35. The van der Waals surface area contributed by atoms with Gasteiger partial charge in [0.25, 0.3) is 0 Å². The van der Waals surface area contributed by atoms with Gasteiger partial charge in [-0.05, 0) is 19.4 Å². The summed E-state index contributed by atoms with van der Waals surface area (Å²) in [4.78, 5) is 0. The molecule has 0 atom stereocenters. The molecule has 1 aliphatic rings. The molecule has 0 unspecified atom stereocenters. The Morgan fingerprint density at radius 2 is 2.19 bits per heavy atom. The van der Waals surface area contributed by atoms with Gasteiger partial charge in [0.05, 0.1) is 0 Å². The number of nitrogens with one attached hydrogen (secondary N) is 1. The van der Waals surface area contributed by atoms with Gasteiger partial charge < -0.3 is 10.1 Å². The quantitative estimate of drug-likeness (QED) is 0.795. The number of aromatic nitrogens is 2. The minimum absolute atomic E-state index is 0.583. The van der Waals surface area contributed by atoms with Gasteiger partial charge in [-0.2, -0.15) is 0 Å². The smallest absolute Gasteiger partial charge is 0.120 e. The van der Waals surface area contributed by atoms with Crippen LogP contribution < -0.4 is 5.32 Å². The Labute approximate surface area is 100 Å². The Morgan fingerprint density at radius 1 is 1.38 bits per heavy atom. The van der Waals surface area contributed by atoms with E-state index >= 15 is 0 Å². The average Bonchev–Trinajstić information content (AvgIpc) is 2.79. The van der Waals surface area contributed by atoms with Crippen LogP contribution in [-0.4, -0.2) is 36.5 Å². The summed E-state index contributed by atoms with van der Waals surface area (Å²) >= 11 is 1.77. The molecule has 5 heteroatoms. The summed E-state index contributed by atoms with van der Waals surface area (Å²) in [6, 6.07) is 0. The van der Waals surface area contributed by atoms with Crippen molar-refractivity contribution in [3.05, 3.63) is 10.0 Å². The number of ether oxygens (including phenoxy) is 1. The zero-order chi connectivity index (χ0) is 11.2. The fourth-order valence-corrected chi connectivity index (χ4v) is 2.86. The highest BCUT2D eigenvalue weighted by Crippen LogP contribution is 2.28. The number of likely N-dealkylation sites (N-methyl/N-ethyl adjacent to an activating group) is 1. The molecule has 1 saturated heterocycles. The van der Waals surface area contributed by atoms with E-state index in [4.69, 9.17) is 4.74 Å². The van der Waals surface area contributed by atoms with E-state index in [1.807, 2.05) is 0 Å². The summed E-state index contributed by atoms with van der Waals surface area (Å²) in [6.45, 7) is 5.88. The molecule has 2 heterocycles. The second kappa shape index (κ2) is 6.27. The highest BCUT2D eigenvalue weighted by Gasteiger charge is 2.19. The predicted octanol–water partition coefficient (Wildman–Crippen LogP) is 1.58. The summed E-state index contributed by atoms with van der Waals surface area (Å²) < 4.78 is 5.35. The minimum atomic E-state index is 0.583. The highest BCUT2D eigenvalue weighted by atomic mass is 32.1. The topological polar surface area (TPSA) is 47.0 Å². The summed E-state index contributed by atoms with van der Waals surface area (Å²) in [5.74, 6) is 0.583. The first kappa shape index (κ1) is 12.0. The molecule has 90 valence electrons. The predicted molar refractivity (Wildman–Crippen MR) is 65.0 cm³/mol. The molecule has 2 rings (SSSR count). The molecule has 1 aromatic rings. The van der Waals surface area contributed by atoms with Crippen LogP contribution in [0.1, 0.15) is 35.7 Å².